The van der Waals surface area contributed by atoms with Crippen LogP contribution in [0.5, 0.6) is 0 Å². The molecule has 0 aromatic carbocycles. The summed E-state index contributed by atoms with van der Waals surface area (Å²) in [5.41, 5.74) is 0. The second-order valence-corrected chi connectivity index (χ2v) is 2.66. The van der Waals surface area contributed by atoms with Crippen LogP contribution in [0.4, 0.5) is 0 Å². The Hall–Kier alpha value is -0.360. The predicted molar refractivity (Wildman–Crippen MR) is 24.2 cm³/mol. The molecule has 0 aromatic heterocycles. The highest BCUT2D eigenvalue weighted by molar-refractivity contribution is 5.04. The first-order valence-corrected chi connectivity index (χ1v) is 4.45. The van der Waals surface area contributed by atoms with Gasteiger partial charge in [-0.05, 0) is 12.2 Å². The van der Waals surface area contributed by atoms with Crippen molar-refractivity contribution in [3.8, 4) is 0 Å². The number of halogens is 1. The molecule has 1 aliphatic heterocycles. The van der Waals surface area contributed by atoms with E-state index in [1.54, 1.807) is 12.2 Å². The summed E-state index contributed by atoms with van der Waals surface area (Å²) in [5.74, 6) is 0. The van der Waals surface area contributed by atoms with Crippen LogP contribution in [-0.4, -0.2) is 6.29 Å². The number of rotatable bonds is 2. The Kier molecular flexibility index (Phi) is 2.88. The van der Waals surface area contributed by atoms with E-state index >= 15 is 0 Å². The lowest BCUT2D eigenvalue weighted by Crippen LogP contribution is -2.37. The maximum absolute atomic E-state index is 9.98. The minimum atomic E-state index is -3.16. The van der Waals surface area contributed by atoms with E-state index in [2.05, 4.69) is 3.83 Å². The summed E-state index contributed by atoms with van der Waals surface area (Å²) in [5, 5.41) is 0. The first-order chi connectivity index (χ1) is 4.79. The summed E-state index contributed by atoms with van der Waals surface area (Å²) in [6.07, 6.45) is 5.40. The topological polar surface area (TPSA) is 64.6 Å². The summed E-state index contributed by atoms with van der Waals surface area (Å²) >= 11 is -3.16. The highest BCUT2D eigenvalue weighted by atomic mass is 80.0. The molecule has 0 radical (unpaired) electrons. The molecule has 0 N–H and O–H groups in total. The molecule has 0 aliphatic carbocycles. The van der Waals surface area contributed by atoms with Gasteiger partial charge in [0.15, 0.2) is 0 Å². The van der Waals surface area contributed by atoms with Crippen LogP contribution >= 0.6 is 0 Å². The third-order valence-corrected chi connectivity index (χ3v) is 1.50. The van der Waals surface area contributed by atoms with Crippen LogP contribution in [0.25, 0.3) is 0 Å². The van der Waals surface area contributed by atoms with E-state index in [1.165, 1.54) is 12.3 Å². The molecule has 56 valence electrons. The molecule has 0 amide bonds. The molecular formula is C5H5BrO4. The van der Waals surface area contributed by atoms with Gasteiger partial charge >= 0.3 is 21.1 Å². The van der Waals surface area contributed by atoms with Gasteiger partial charge < -0.3 is 13.1 Å². The van der Waals surface area contributed by atoms with Gasteiger partial charge in [-0.1, -0.05) is 6.08 Å². The Morgan fingerprint density at radius 2 is 2.20 bits per heavy atom. The van der Waals surface area contributed by atoms with Gasteiger partial charge in [0.2, 0.25) is 0 Å². The molecule has 10 heavy (non-hydrogen) atoms. The molecule has 0 bridgehead atoms. The fourth-order valence-corrected chi connectivity index (χ4v) is 1.00. The largest absolute Gasteiger partial charge is 0.461 e. The van der Waals surface area contributed by atoms with Crippen molar-refractivity contribution < 1.29 is 31.8 Å². The van der Waals surface area contributed by atoms with E-state index in [-0.39, 0.29) is 0 Å². The smallest absolute Gasteiger partial charge is 0.442 e. The lowest BCUT2D eigenvalue weighted by molar-refractivity contribution is -1.63. The maximum Gasteiger partial charge on any atom is 0.442 e. The van der Waals surface area contributed by atoms with Gasteiger partial charge in [0.25, 0.3) is 0 Å². The third kappa shape index (κ3) is 2.49. The van der Waals surface area contributed by atoms with Gasteiger partial charge in [0.1, 0.15) is 0 Å². The lowest BCUT2D eigenvalue weighted by atomic mass is 10.4. The zero-order valence-electron chi connectivity index (χ0n) is 4.90. The van der Waals surface area contributed by atoms with Crippen LogP contribution in [0.3, 0.4) is 0 Å². The van der Waals surface area contributed by atoms with Crippen molar-refractivity contribution in [3.63, 3.8) is 0 Å². The molecule has 1 unspecified atom stereocenters. The van der Waals surface area contributed by atoms with Crippen LogP contribution in [0, 0.1) is 14.8 Å². The minimum Gasteiger partial charge on any atom is -0.461 e. The van der Waals surface area contributed by atoms with Crippen molar-refractivity contribution in [3.05, 3.63) is 24.5 Å². The molecule has 4 nitrogen and oxygen atoms in total. The third-order valence-electron chi connectivity index (χ3n) is 0.831. The van der Waals surface area contributed by atoms with Gasteiger partial charge in [-0.25, -0.2) is 0 Å². The zero-order chi connectivity index (χ0) is 7.40. The minimum absolute atomic E-state index is 0.769. The predicted octanol–water partition coefficient (Wildman–Crippen LogP) is -1.48. The molecule has 5 heteroatoms. The standard InChI is InChI=1S/C5H5BrO4/c7-6(8)10-5-3-1-2-4-9-5/h1-5H. The molecule has 0 saturated heterocycles. The van der Waals surface area contributed by atoms with Gasteiger partial charge in [0.05, 0.1) is 6.26 Å². The van der Waals surface area contributed by atoms with Crippen LogP contribution in [-0.2, 0) is 8.57 Å². The van der Waals surface area contributed by atoms with Crippen molar-refractivity contribution in [1.29, 1.82) is 0 Å². The molecule has 1 rings (SSSR count). The van der Waals surface area contributed by atoms with Crippen LogP contribution in [0.2, 0.25) is 0 Å². The lowest BCUT2D eigenvalue weighted by Gasteiger charge is -2.06. The van der Waals surface area contributed by atoms with Gasteiger partial charge in [-0.15, -0.1) is 0 Å². The van der Waals surface area contributed by atoms with Crippen molar-refractivity contribution in [1.82, 2.24) is 0 Å². The van der Waals surface area contributed by atoms with E-state index in [1.807, 2.05) is 0 Å². The van der Waals surface area contributed by atoms with Gasteiger partial charge in [-0.2, -0.15) is 0 Å². The van der Waals surface area contributed by atoms with Crippen LogP contribution in [0.15, 0.2) is 24.5 Å². The Morgan fingerprint density at radius 1 is 1.40 bits per heavy atom. The summed E-state index contributed by atoms with van der Waals surface area (Å²) in [6, 6.07) is 0. The van der Waals surface area contributed by atoms with Crippen molar-refractivity contribution in [2.45, 2.75) is 6.29 Å². The quantitative estimate of drug-likeness (QED) is 0.556. The fraction of sp³-hybridized carbons (Fsp3) is 0.200. The zero-order valence-corrected chi connectivity index (χ0v) is 6.48. The average molecular weight is 209 g/mol. The van der Waals surface area contributed by atoms with E-state index < -0.39 is 21.1 Å². The molecule has 1 heterocycles. The summed E-state index contributed by atoms with van der Waals surface area (Å²) in [7, 11) is 0. The van der Waals surface area contributed by atoms with Gasteiger partial charge in [0, 0.05) is 3.83 Å². The average Bonchev–Trinajstić information content (AvgIpc) is 1.88. The van der Waals surface area contributed by atoms with E-state index in [9.17, 15) is 8.40 Å². The summed E-state index contributed by atoms with van der Waals surface area (Å²) in [4.78, 5) is 0. The van der Waals surface area contributed by atoms with Crippen molar-refractivity contribution >= 4 is 0 Å². The van der Waals surface area contributed by atoms with Crippen molar-refractivity contribution in [2.24, 2.45) is 0 Å². The number of hydrogen-bond donors (Lipinski definition) is 0. The Morgan fingerprint density at radius 3 is 2.70 bits per heavy atom. The van der Waals surface area contributed by atoms with Gasteiger partial charge in [-0.3, -0.25) is 0 Å². The number of allylic oxidation sites excluding steroid dienone is 2. The molecule has 0 spiro atoms. The second-order valence-electron chi connectivity index (χ2n) is 1.50. The normalized spacial score (nSPS) is 23.3. The number of ether oxygens (including phenoxy) is 1. The van der Waals surface area contributed by atoms with E-state index in [4.69, 9.17) is 4.74 Å². The Bertz CT molecular complexity index is 154. The Labute approximate surface area is 63.2 Å². The highest BCUT2D eigenvalue weighted by Crippen LogP contribution is 2.03. The molecule has 0 aromatic rings. The molecule has 0 fully saturated rings. The first-order valence-electron chi connectivity index (χ1n) is 2.50. The molecule has 0 saturated carbocycles. The summed E-state index contributed by atoms with van der Waals surface area (Å²) in [6.45, 7) is 0. The Balaban J connectivity index is 2.30. The fourth-order valence-electron chi connectivity index (χ4n) is 0.491. The van der Waals surface area contributed by atoms with E-state index in [0.29, 0.717) is 0 Å². The molecule has 1 aliphatic rings. The van der Waals surface area contributed by atoms with Crippen LogP contribution in [0.1, 0.15) is 0 Å². The molecular weight excluding hydrogens is 204 g/mol. The highest BCUT2D eigenvalue weighted by Gasteiger charge is 2.21. The first kappa shape index (κ1) is 7.74. The molecule has 1 atom stereocenters. The van der Waals surface area contributed by atoms with Crippen molar-refractivity contribution in [2.75, 3.05) is 0 Å². The number of hydrogen-bond acceptors (Lipinski definition) is 4. The van der Waals surface area contributed by atoms with E-state index in [0.717, 1.165) is 0 Å². The second kappa shape index (κ2) is 3.72. The SMILES string of the molecule is [O-][Br+2]([O-])OC1C=CC=CO1. The van der Waals surface area contributed by atoms with Crippen LogP contribution < -0.4 is 8.40 Å². The summed E-state index contributed by atoms with van der Waals surface area (Å²) < 4.78 is 29.0. The maximum atomic E-state index is 9.98. The monoisotopic (exact) mass is 208 g/mol.